The van der Waals surface area contributed by atoms with Gasteiger partial charge in [-0.3, -0.25) is 9.36 Å². The molecular formula is C20H28N4O3S. The minimum Gasteiger partial charge on any atom is -0.450 e. The van der Waals surface area contributed by atoms with Crippen molar-refractivity contribution in [3.05, 3.63) is 20.8 Å². The molecule has 152 valence electrons. The molecule has 0 saturated carbocycles. The number of piperazine rings is 1. The van der Waals surface area contributed by atoms with Crippen molar-refractivity contribution in [3.8, 4) is 0 Å². The number of nitrogens with zero attached hydrogens (tertiary/aromatic N) is 4. The first-order valence-electron chi connectivity index (χ1n) is 10.4. The average molecular weight is 405 g/mol. The Labute approximate surface area is 168 Å². The minimum atomic E-state index is -0.262. The van der Waals surface area contributed by atoms with E-state index in [9.17, 15) is 9.59 Å². The molecule has 7 nitrogen and oxygen atoms in total. The van der Waals surface area contributed by atoms with Gasteiger partial charge in [-0.1, -0.05) is 6.92 Å². The van der Waals surface area contributed by atoms with Gasteiger partial charge in [0, 0.05) is 37.6 Å². The average Bonchev–Trinajstić information content (AvgIpc) is 3.09. The molecule has 1 amide bonds. The Bertz CT molecular complexity index is 928. The number of aromatic nitrogens is 2. The molecule has 2 aromatic heterocycles. The minimum absolute atomic E-state index is 0.106. The number of hydrogen-bond acceptors (Lipinski definition) is 6. The summed E-state index contributed by atoms with van der Waals surface area (Å²) in [7, 11) is 0. The number of carbonyl (C=O) groups excluding carboxylic acids is 1. The van der Waals surface area contributed by atoms with Crippen LogP contribution in [-0.4, -0.2) is 53.3 Å². The fourth-order valence-electron chi connectivity index (χ4n) is 4.20. The van der Waals surface area contributed by atoms with E-state index in [1.54, 1.807) is 16.2 Å². The van der Waals surface area contributed by atoms with E-state index in [1.807, 2.05) is 11.5 Å². The number of carbonyl (C=O) groups is 1. The van der Waals surface area contributed by atoms with Gasteiger partial charge in [-0.15, -0.1) is 11.3 Å². The van der Waals surface area contributed by atoms with Gasteiger partial charge in [-0.05, 0) is 44.6 Å². The number of thiophene rings is 1. The van der Waals surface area contributed by atoms with Crippen molar-refractivity contribution in [2.75, 3.05) is 37.7 Å². The number of ether oxygens (including phenoxy) is 1. The predicted octanol–water partition coefficient (Wildman–Crippen LogP) is 3.03. The Morgan fingerprint density at radius 3 is 2.61 bits per heavy atom. The van der Waals surface area contributed by atoms with Crippen LogP contribution in [-0.2, 0) is 24.1 Å². The maximum Gasteiger partial charge on any atom is 0.409 e. The second-order valence-electron chi connectivity index (χ2n) is 7.43. The fourth-order valence-corrected chi connectivity index (χ4v) is 5.45. The van der Waals surface area contributed by atoms with Crippen molar-refractivity contribution >= 4 is 33.6 Å². The molecule has 0 spiro atoms. The number of amides is 1. The molecule has 3 heterocycles. The van der Waals surface area contributed by atoms with Crippen molar-refractivity contribution in [3.63, 3.8) is 0 Å². The molecule has 8 heteroatoms. The maximum atomic E-state index is 13.4. The molecule has 2 aromatic rings. The highest BCUT2D eigenvalue weighted by Crippen LogP contribution is 2.34. The van der Waals surface area contributed by atoms with Crippen molar-refractivity contribution in [1.29, 1.82) is 0 Å². The Morgan fingerprint density at radius 1 is 1.14 bits per heavy atom. The number of aryl methyl sites for hydroxylation is 2. The van der Waals surface area contributed by atoms with Crippen LogP contribution < -0.4 is 10.5 Å². The Kier molecular flexibility index (Phi) is 5.57. The van der Waals surface area contributed by atoms with E-state index in [2.05, 4.69) is 11.8 Å². The summed E-state index contributed by atoms with van der Waals surface area (Å²) in [6, 6.07) is 0. The summed E-state index contributed by atoms with van der Waals surface area (Å²) in [4.78, 5) is 36.4. The summed E-state index contributed by atoms with van der Waals surface area (Å²) in [6.07, 6.45) is 5.04. The molecule has 1 fully saturated rings. The van der Waals surface area contributed by atoms with Gasteiger partial charge in [-0.2, -0.15) is 0 Å². The lowest BCUT2D eigenvalue weighted by Gasteiger charge is -2.35. The van der Waals surface area contributed by atoms with Crippen molar-refractivity contribution < 1.29 is 9.53 Å². The second kappa shape index (κ2) is 8.11. The van der Waals surface area contributed by atoms with Gasteiger partial charge >= 0.3 is 6.09 Å². The molecule has 0 bridgehead atoms. The summed E-state index contributed by atoms with van der Waals surface area (Å²) < 4.78 is 6.96. The zero-order valence-electron chi connectivity index (χ0n) is 16.7. The van der Waals surface area contributed by atoms with Gasteiger partial charge < -0.3 is 14.5 Å². The van der Waals surface area contributed by atoms with E-state index in [-0.39, 0.29) is 11.7 Å². The number of hydrogen-bond donors (Lipinski definition) is 0. The standard InChI is InChI=1S/C20H28N4O3S/c1-3-9-24-18(25)16-14-7-5-6-8-15(14)28-17(16)21-19(24)22-10-12-23(13-11-22)20(26)27-4-2/h3-13H2,1-2H3. The summed E-state index contributed by atoms with van der Waals surface area (Å²) in [5.41, 5.74) is 1.35. The van der Waals surface area contributed by atoms with E-state index < -0.39 is 0 Å². The highest BCUT2D eigenvalue weighted by molar-refractivity contribution is 7.18. The van der Waals surface area contributed by atoms with Crippen molar-refractivity contribution in [2.45, 2.75) is 52.5 Å². The zero-order valence-corrected chi connectivity index (χ0v) is 17.5. The van der Waals surface area contributed by atoms with E-state index >= 15 is 0 Å². The SMILES string of the molecule is CCCn1c(N2CCN(C(=O)OCC)CC2)nc2sc3c(c2c1=O)CCCC3. The van der Waals surface area contributed by atoms with Gasteiger partial charge in [0.25, 0.3) is 5.56 Å². The fraction of sp³-hybridized carbons (Fsp3) is 0.650. The molecule has 0 N–H and O–H groups in total. The monoisotopic (exact) mass is 404 g/mol. The van der Waals surface area contributed by atoms with E-state index in [0.717, 1.165) is 41.8 Å². The largest absolute Gasteiger partial charge is 0.450 e. The normalized spacial score (nSPS) is 17.1. The van der Waals surface area contributed by atoms with Crippen LogP contribution in [0.3, 0.4) is 0 Å². The van der Waals surface area contributed by atoms with Gasteiger partial charge in [0.1, 0.15) is 4.83 Å². The zero-order chi connectivity index (χ0) is 19.7. The van der Waals surface area contributed by atoms with Crippen molar-refractivity contribution in [1.82, 2.24) is 14.5 Å². The van der Waals surface area contributed by atoms with E-state index in [0.29, 0.717) is 39.3 Å². The first-order valence-corrected chi connectivity index (χ1v) is 11.2. The first kappa shape index (κ1) is 19.2. The number of anilines is 1. The molecule has 1 aliphatic carbocycles. The lowest BCUT2D eigenvalue weighted by molar-refractivity contribution is 0.105. The third-order valence-corrected chi connectivity index (χ3v) is 6.78. The molecule has 4 rings (SSSR count). The lowest BCUT2D eigenvalue weighted by Crippen LogP contribution is -2.50. The maximum absolute atomic E-state index is 13.4. The lowest BCUT2D eigenvalue weighted by atomic mass is 9.97. The Balaban J connectivity index is 1.68. The van der Waals surface area contributed by atoms with Gasteiger partial charge in [0.05, 0.1) is 12.0 Å². The van der Waals surface area contributed by atoms with Crippen LogP contribution >= 0.6 is 11.3 Å². The smallest absolute Gasteiger partial charge is 0.409 e. The molecular weight excluding hydrogens is 376 g/mol. The van der Waals surface area contributed by atoms with Crippen LogP contribution in [0.25, 0.3) is 10.2 Å². The van der Waals surface area contributed by atoms with Crippen LogP contribution in [0.1, 0.15) is 43.6 Å². The van der Waals surface area contributed by atoms with Crippen LogP contribution in [0.15, 0.2) is 4.79 Å². The van der Waals surface area contributed by atoms with E-state index in [4.69, 9.17) is 9.72 Å². The highest BCUT2D eigenvalue weighted by atomic mass is 32.1. The Hall–Kier alpha value is -2.09. The molecule has 2 aliphatic rings. The van der Waals surface area contributed by atoms with Crippen LogP contribution in [0, 0.1) is 0 Å². The number of fused-ring (bicyclic) bond motifs is 3. The van der Waals surface area contributed by atoms with Gasteiger partial charge in [-0.25, -0.2) is 9.78 Å². The molecule has 0 atom stereocenters. The van der Waals surface area contributed by atoms with E-state index in [1.165, 1.54) is 16.9 Å². The third kappa shape index (κ3) is 3.38. The summed E-state index contributed by atoms with van der Waals surface area (Å²) >= 11 is 1.70. The van der Waals surface area contributed by atoms with Crippen molar-refractivity contribution in [2.24, 2.45) is 0 Å². The molecule has 1 saturated heterocycles. The predicted molar refractivity (Wildman–Crippen MR) is 112 cm³/mol. The van der Waals surface area contributed by atoms with Crippen LogP contribution in [0.5, 0.6) is 0 Å². The molecule has 0 radical (unpaired) electrons. The summed E-state index contributed by atoms with van der Waals surface area (Å²) in [5, 5.41) is 0.849. The molecule has 0 aromatic carbocycles. The van der Waals surface area contributed by atoms with Gasteiger partial charge in [0.2, 0.25) is 5.95 Å². The summed E-state index contributed by atoms with van der Waals surface area (Å²) in [6.45, 7) is 7.44. The number of rotatable bonds is 4. The third-order valence-electron chi connectivity index (χ3n) is 5.59. The molecule has 28 heavy (non-hydrogen) atoms. The van der Waals surface area contributed by atoms with Gasteiger partial charge in [0.15, 0.2) is 0 Å². The topological polar surface area (TPSA) is 67.7 Å². The molecule has 1 aliphatic heterocycles. The second-order valence-corrected chi connectivity index (χ2v) is 8.52. The van der Waals surface area contributed by atoms with Crippen LogP contribution in [0.2, 0.25) is 0 Å². The quantitative estimate of drug-likeness (QED) is 0.784. The first-order chi connectivity index (χ1) is 13.6. The summed E-state index contributed by atoms with van der Waals surface area (Å²) in [5.74, 6) is 0.751. The van der Waals surface area contributed by atoms with Crippen LogP contribution in [0.4, 0.5) is 10.7 Å². The molecule has 0 unspecified atom stereocenters. The highest BCUT2D eigenvalue weighted by Gasteiger charge is 2.27. The Morgan fingerprint density at radius 2 is 1.89 bits per heavy atom.